The van der Waals surface area contributed by atoms with Crippen LogP contribution in [0.25, 0.3) is 5.95 Å². The van der Waals surface area contributed by atoms with Crippen LogP contribution in [0.3, 0.4) is 0 Å². The zero-order chi connectivity index (χ0) is 14.8. The van der Waals surface area contributed by atoms with Gasteiger partial charge in [0.25, 0.3) is 5.95 Å². The van der Waals surface area contributed by atoms with Gasteiger partial charge in [0.2, 0.25) is 11.2 Å². The molecule has 21 heavy (non-hydrogen) atoms. The number of halogens is 1. The first-order valence-corrected chi connectivity index (χ1v) is 6.52. The smallest absolute Gasteiger partial charge is 0.258 e. The number of hydrogen-bond donors (Lipinski definition) is 0. The Hall–Kier alpha value is -2.48. The molecular formula is C12H12ClN7O. The molecule has 0 bridgehead atoms. The zero-order valence-electron chi connectivity index (χ0n) is 11.4. The molecule has 3 heterocycles. The van der Waals surface area contributed by atoms with Crippen molar-refractivity contribution < 1.29 is 4.42 Å². The quantitative estimate of drug-likeness (QED) is 0.724. The molecule has 8 nitrogen and oxygen atoms in total. The Morgan fingerprint density at radius 3 is 2.81 bits per heavy atom. The lowest BCUT2D eigenvalue weighted by Crippen LogP contribution is -2.20. The molecule has 0 saturated carbocycles. The lowest BCUT2D eigenvalue weighted by molar-refractivity contribution is 0.480. The second-order valence-corrected chi connectivity index (χ2v) is 4.75. The van der Waals surface area contributed by atoms with Gasteiger partial charge in [-0.15, -0.1) is 0 Å². The highest BCUT2D eigenvalue weighted by Crippen LogP contribution is 2.15. The third kappa shape index (κ3) is 3.00. The molecular weight excluding hydrogens is 294 g/mol. The molecule has 3 aromatic rings. The maximum absolute atomic E-state index is 5.94. The number of furan rings is 1. The van der Waals surface area contributed by atoms with Crippen LogP contribution in [-0.4, -0.2) is 36.8 Å². The van der Waals surface area contributed by atoms with Crippen LogP contribution in [0.5, 0.6) is 0 Å². The highest BCUT2D eigenvalue weighted by molar-refractivity contribution is 6.28. The van der Waals surface area contributed by atoms with E-state index in [2.05, 4.69) is 25.0 Å². The fourth-order valence-electron chi connectivity index (χ4n) is 1.79. The zero-order valence-corrected chi connectivity index (χ0v) is 12.2. The van der Waals surface area contributed by atoms with Gasteiger partial charge in [0, 0.05) is 7.05 Å². The minimum atomic E-state index is 0.0907. The van der Waals surface area contributed by atoms with Gasteiger partial charge in [-0.3, -0.25) is 0 Å². The first-order chi connectivity index (χ1) is 10.1. The van der Waals surface area contributed by atoms with Crippen molar-refractivity contribution in [2.75, 3.05) is 11.9 Å². The van der Waals surface area contributed by atoms with Crippen molar-refractivity contribution in [2.24, 2.45) is 0 Å². The largest absolute Gasteiger partial charge is 0.464 e. The molecule has 0 saturated heterocycles. The molecule has 9 heteroatoms. The summed E-state index contributed by atoms with van der Waals surface area (Å²) >= 11 is 5.94. The second kappa shape index (κ2) is 5.49. The fraction of sp³-hybridized carbons (Fsp3) is 0.250. The Kier molecular flexibility index (Phi) is 3.53. The summed E-state index contributed by atoms with van der Waals surface area (Å²) in [7, 11) is 1.84. The van der Waals surface area contributed by atoms with E-state index in [4.69, 9.17) is 16.0 Å². The third-order valence-corrected chi connectivity index (χ3v) is 2.91. The number of aromatic nitrogens is 6. The second-order valence-electron chi connectivity index (χ2n) is 4.41. The molecule has 3 aromatic heterocycles. The molecule has 3 rings (SSSR count). The Labute approximate surface area is 125 Å². The Morgan fingerprint density at radius 1 is 1.29 bits per heavy atom. The van der Waals surface area contributed by atoms with Gasteiger partial charge in [-0.05, 0) is 30.7 Å². The molecule has 0 amide bonds. The van der Waals surface area contributed by atoms with E-state index in [-0.39, 0.29) is 5.28 Å². The average molecular weight is 306 g/mol. The summed E-state index contributed by atoms with van der Waals surface area (Å²) in [6.45, 7) is 2.41. The van der Waals surface area contributed by atoms with Crippen molar-refractivity contribution in [1.29, 1.82) is 0 Å². The van der Waals surface area contributed by atoms with E-state index in [1.807, 2.05) is 31.0 Å². The molecule has 0 aliphatic heterocycles. The molecule has 0 atom stereocenters. The van der Waals surface area contributed by atoms with Crippen LogP contribution in [0, 0.1) is 6.92 Å². The molecule has 108 valence electrons. The minimum Gasteiger partial charge on any atom is -0.464 e. The van der Waals surface area contributed by atoms with E-state index >= 15 is 0 Å². The van der Waals surface area contributed by atoms with Crippen molar-refractivity contribution >= 4 is 17.5 Å². The van der Waals surface area contributed by atoms with Crippen LogP contribution in [0.1, 0.15) is 11.5 Å². The molecule has 0 radical (unpaired) electrons. The van der Waals surface area contributed by atoms with Gasteiger partial charge < -0.3 is 9.32 Å². The van der Waals surface area contributed by atoms with E-state index in [0.717, 1.165) is 11.5 Å². The normalized spacial score (nSPS) is 10.8. The Bertz CT molecular complexity index is 740. The number of hydrogen-bond acceptors (Lipinski definition) is 7. The number of anilines is 1. The predicted molar refractivity (Wildman–Crippen MR) is 75.3 cm³/mol. The summed E-state index contributed by atoms with van der Waals surface area (Å²) in [5.41, 5.74) is 0. The SMILES string of the molecule is Cc1ccc(CN(C)c2nc(Cl)nc(-n3cncn3)n2)o1. The summed E-state index contributed by atoms with van der Waals surface area (Å²) in [4.78, 5) is 18.1. The van der Waals surface area contributed by atoms with E-state index < -0.39 is 0 Å². The maximum Gasteiger partial charge on any atom is 0.258 e. The van der Waals surface area contributed by atoms with Crippen molar-refractivity contribution in [3.8, 4) is 5.95 Å². The first-order valence-electron chi connectivity index (χ1n) is 6.15. The van der Waals surface area contributed by atoms with Gasteiger partial charge in [0.1, 0.15) is 24.2 Å². The van der Waals surface area contributed by atoms with Crippen LogP contribution < -0.4 is 4.90 Å². The monoisotopic (exact) mass is 305 g/mol. The summed E-state index contributed by atoms with van der Waals surface area (Å²) in [5, 5.41) is 4.06. The van der Waals surface area contributed by atoms with Crippen LogP contribution >= 0.6 is 11.6 Å². The van der Waals surface area contributed by atoms with Crippen LogP contribution in [0.15, 0.2) is 29.2 Å². The number of nitrogens with zero attached hydrogens (tertiary/aromatic N) is 7. The van der Waals surface area contributed by atoms with Crippen molar-refractivity contribution in [3.05, 3.63) is 41.6 Å². The number of rotatable bonds is 4. The van der Waals surface area contributed by atoms with E-state index in [9.17, 15) is 0 Å². The van der Waals surface area contributed by atoms with E-state index in [1.165, 1.54) is 17.3 Å². The highest BCUT2D eigenvalue weighted by atomic mass is 35.5. The van der Waals surface area contributed by atoms with Gasteiger partial charge >= 0.3 is 0 Å². The van der Waals surface area contributed by atoms with Crippen LogP contribution in [-0.2, 0) is 6.54 Å². The molecule has 0 fully saturated rings. The van der Waals surface area contributed by atoms with Crippen molar-refractivity contribution in [1.82, 2.24) is 29.7 Å². The summed E-state index contributed by atoms with van der Waals surface area (Å²) in [6.07, 6.45) is 2.89. The first kappa shape index (κ1) is 13.5. The lowest BCUT2D eigenvalue weighted by Gasteiger charge is -2.15. The van der Waals surface area contributed by atoms with Crippen LogP contribution in [0.4, 0.5) is 5.95 Å². The third-order valence-electron chi connectivity index (χ3n) is 2.74. The van der Waals surface area contributed by atoms with Crippen molar-refractivity contribution in [3.63, 3.8) is 0 Å². The van der Waals surface area contributed by atoms with Gasteiger partial charge in [0.15, 0.2) is 0 Å². The molecule has 0 aliphatic carbocycles. The minimum absolute atomic E-state index is 0.0907. The van der Waals surface area contributed by atoms with Gasteiger partial charge in [0.05, 0.1) is 6.54 Å². The topological polar surface area (TPSA) is 85.8 Å². The number of aryl methyl sites for hydroxylation is 1. The predicted octanol–water partition coefficient (Wildman–Crippen LogP) is 1.64. The van der Waals surface area contributed by atoms with Crippen LogP contribution in [0.2, 0.25) is 5.28 Å². The fourth-order valence-corrected chi connectivity index (χ4v) is 1.94. The molecule has 0 spiro atoms. The van der Waals surface area contributed by atoms with Gasteiger partial charge in [-0.25, -0.2) is 4.98 Å². The standard InChI is InChI=1S/C12H12ClN7O/c1-8-3-4-9(21-8)5-19(2)11-16-10(13)17-12(18-11)20-7-14-6-15-20/h3-4,6-7H,5H2,1-2H3. The van der Waals surface area contributed by atoms with Gasteiger partial charge in [-0.2, -0.15) is 24.7 Å². The van der Waals surface area contributed by atoms with E-state index in [0.29, 0.717) is 18.4 Å². The highest BCUT2D eigenvalue weighted by Gasteiger charge is 2.12. The summed E-state index contributed by atoms with van der Waals surface area (Å²) in [6, 6.07) is 3.82. The molecule has 0 aliphatic rings. The molecule has 0 aromatic carbocycles. The summed E-state index contributed by atoms with van der Waals surface area (Å²) < 4.78 is 6.95. The van der Waals surface area contributed by atoms with Gasteiger partial charge in [-0.1, -0.05) is 0 Å². The molecule has 0 unspecified atom stereocenters. The maximum atomic E-state index is 5.94. The molecule has 0 N–H and O–H groups in total. The summed E-state index contributed by atoms with van der Waals surface area (Å²) in [5.74, 6) is 2.41. The van der Waals surface area contributed by atoms with Crippen molar-refractivity contribution in [2.45, 2.75) is 13.5 Å². The average Bonchev–Trinajstić information content (AvgIpc) is 3.10. The Morgan fingerprint density at radius 2 is 2.14 bits per heavy atom. The Balaban J connectivity index is 1.87. The van der Waals surface area contributed by atoms with E-state index in [1.54, 1.807) is 0 Å². The lowest BCUT2D eigenvalue weighted by atomic mass is 10.4.